The first-order valence-corrected chi connectivity index (χ1v) is 7.93. The van der Waals surface area contributed by atoms with E-state index in [0.717, 1.165) is 37.7 Å². The molecule has 1 aliphatic heterocycles. The first-order chi connectivity index (χ1) is 9.80. The molecule has 1 atom stereocenters. The summed E-state index contributed by atoms with van der Waals surface area (Å²) in [5.41, 5.74) is 1.31. The Kier molecular flexibility index (Phi) is 5.72. The second kappa shape index (κ2) is 7.53. The second-order valence-corrected chi connectivity index (χ2v) is 5.37. The fourth-order valence-corrected chi connectivity index (χ4v) is 2.91. The van der Waals surface area contributed by atoms with Crippen LogP contribution >= 0.6 is 0 Å². The number of benzene rings is 1. The summed E-state index contributed by atoms with van der Waals surface area (Å²) in [6.45, 7) is 9.17. The van der Waals surface area contributed by atoms with Crippen molar-refractivity contribution in [3.8, 4) is 11.5 Å². The molecule has 0 saturated carbocycles. The molecule has 0 spiro atoms. The van der Waals surface area contributed by atoms with E-state index in [9.17, 15) is 0 Å². The Bertz CT molecular complexity index is 415. The first kappa shape index (κ1) is 15.2. The third kappa shape index (κ3) is 3.45. The zero-order chi connectivity index (χ0) is 14.4. The SMILES string of the molecule is CCNC(c1ccc2c(c1)OCCCO2)C(CC)CC. The number of nitrogens with one attached hydrogen (secondary N) is 1. The predicted molar refractivity (Wildman–Crippen MR) is 82.5 cm³/mol. The van der Waals surface area contributed by atoms with E-state index in [2.05, 4.69) is 44.3 Å². The van der Waals surface area contributed by atoms with Gasteiger partial charge in [0.15, 0.2) is 11.5 Å². The van der Waals surface area contributed by atoms with Crippen molar-refractivity contribution < 1.29 is 9.47 Å². The summed E-state index contributed by atoms with van der Waals surface area (Å²) in [6.07, 6.45) is 3.32. The lowest BCUT2D eigenvalue weighted by Gasteiger charge is -2.27. The van der Waals surface area contributed by atoms with Crippen molar-refractivity contribution in [1.82, 2.24) is 5.32 Å². The van der Waals surface area contributed by atoms with Crippen molar-refractivity contribution in [2.75, 3.05) is 19.8 Å². The second-order valence-electron chi connectivity index (χ2n) is 5.37. The Hall–Kier alpha value is -1.22. The molecule has 1 unspecified atom stereocenters. The van der Waals surface area contributed by atoms with Gasteiger partial charge in [0.2, 0.25) is 0 Å². The van der Waals surface area contributed by atoms with Gasteiger partial charge in [-0.1, -0.05) is 39.7 Å². The Morgan fingerprint density at radius 3 is 2.40 bits per heavy atom. The van der Waals surface area contributed by atoms with Crippen LogP contribution in [0.3, 0.4) is 0 Å². The molecule has 1 aliphatic rings. The van der Waals surface area contributed by atoms with Gasteiger partial charge in [0.1, 0.15) is 0 Å². The first-order valence-electron chi connectivity index (χ1n) is 7.93. The molecule has 0 radical (unpaired) electrons. The molecule has 1 heterocycles. The summed E-state index contributed by atoms with van der Waals surface area (Å²) in [7, 11) is 0. The van der Waals surface area contributed by atoms with Crippen molar-refractivity contribution in [3.63, 3.8) is 0 Å². The molecule has 1 N–H and O–H groups in total. The number of hydrogen-bond acceptors (Lipinski definition) is 3. The fourth-order valence-electron chi connectivity index (χ4n) is 2.91. The van der Waals surface area contributed by atoms with E-state index in [1.54, 1.807) is 0 Å². The van der Waals surface area contributed by atoms with Crippen LogP contribution in [0.15, 0.2) is 18.2 Å². The van der Waals surface area contributed by atoms with Crippen LogP contribution in [0.4, 0.5) is 0 Å². The molecule has 0 aliphatic carbocycles. The van der Waals surface area contributed by atoms with E-state index in [0.29, 0.717) is 12.0 Å². The van der Waals surface area contributed by atoms with Gasteiger partial charge in [-0.25, -0.2) is 0 Å². The lowest BCUT2D eigenvalue weighted by Crippen LogP contribution is -2.27. The highest BCUT2D eigenvalue weighted by atomic mass is 16.5. The maximum Gasteiger partial charge on any atom is 0.161 e. The minimum absolute atomic E-state index is 0.396. The molecule has 0 bridgehead atoms. The van der Waals surface area contributed by atoms with E-state index >= 15 is 0 Å². The number of ether oxygens (including phenoxy) is 2. The summed E-state index contributed by atoms with van der Waals surface area (Å²) in [5, 5.41) is 3.63. The van der Waals surface area contributed by atoms with Crippen LogP contribution in [-0.4, -0.2) is 19.8 Å². The summed E-state index contributed by atoms with van der Waals surface area (Å²) < 4.78 is 11.5. The third-order valence-corrected chi connectivity index (χ3v) is 4.07. The van der Waals surface area contributed by atoms with Crippen LogP contribution < -0.4 is 14.8 Å². The summed E-state index contributed by atoms with van der Waals surface area (Å²) >= 11 is 0. The minimum Gasteiger partial charge on any atom is -0.490 e. The highest BCUT2D eigenvalue weighted by Crippen LogP contribution is 2.35. The molecule has 3 heteroatoms. The summed E-state index contributed by atoms with van der Waals surface area (Å²) in [6, 6.07) is 6.79. The predicted octanol–water partition coefficient (Wildman–Crippen LogP) is 3.93. The normalized spacial score (nSPS) is 16.0. The molecule has 3 nitrogen and oxygen atoms in total. The van der Waals surface area contributed by atoms with E-state index in [4.69, 9.17) is 9.47 Å². The van der Waals surface area contributed by atoms with E-state index in [-0.39, 0.29) is 0 Å². The smallest absolute Gasteiger partial charge is 0.161 e. The van der Waals surface area contributed by atoms with Crippen molar-refractivity contribution >= 4 is 0 Å². The zero-order valence-corrected chi connectivity index (χ0v) is 12.9. The highest BCUT2D eigenvalue weighted by molar-refractivity contribution is 5.44. The van der Waals surface area contributed by atoms with Crippen LogP contribution in [0.25, 0.3) is 0 Å². The Balaban J connectivity index is 2.26. The molecule has 112 valence electrons. The van der Waals surface area contributed by atoms with Crippen LogP contribution in [0.1, 0.15) is 51.6 Å². The molecule has 2 rings (SSSR count). The molecule has 1 aromatic carbocycles. The van der Waals surface area contributed by atoms with E-state index < -0.39 is 0 Å². The van der Waals surface area contributed by atoms with Gasteiger partial charge >= 0.3 is 0 Å². The van der Waals surface area contributed by atoms with Gasteiger partial charge in [-0.05, 0) is 30.2 Å². The van der Waals surface area contributed by atoms with Crippen LogP contribution in [0, 0.1) is 5.92 Å². The molecule has 0 saturated heterocycles. The van der Waals surface area contributed by atoms with Gasteiger partial charge in [-0.3, -0.25) is 0 Å². The Labute approximate surface area is 122 Å². The number of fused-ring (bicyclic) bond motifs is 1. The molecule has 20 heavy (non-hydrogen) atoms. The standard InChI is InChI=1S/C17H27NO2/c1-4-13(5-2)17(18-6-3)14-8-9-15-16(12-14)20-11-7-10-19-15/h8-9,12-13,17-18H,4-7,10-11H2,1-3H3. The maximum atomic E-state index is 5.81. The van der Waals surface area contributed by atoms with Crippen molar-refractivity contribution in [2.24, 2.45) is 5.92 Å². The van der Waals surface area contributed by atoms with Gasteiger partial charge in [-0.15, -0.1) is 0 Å². The topological polar surface area (TPSA) is 30.5 Å². The van der Waals surface area contributed by atoms with Gasteiger partial charge < -0.3 is 14.8 Å². The van der Waals surface area contributed by atoms with Gasteiger partial charge in [0, 0.05) is 12.5 Å². The lowest BCUT2D eigenvalue weighted by molar-refractivity contribution is 0.296. The molecule has 1 aromatic rings. The fraction of sp³-hybridized carbons (Fsp3) is 0.647. The van der Waals surface area contributed by atoms with Crippen LogP contribution in [0.2, 0.25) is 0 Å². The number of rotatable bonds is 6. The Morgan fingerprint density at radius 2 is 1.75 bits per heavy atom. The molecule has 0 amide bonds. The summed E-state index contributed by atoms with van der Waals surface area (Å²) in [4.78, 5) is 0. The van der Waals surface area contributed by atoms with Crippen molar-refractivity contribution in [1.29, 1.82) is 0 Å². The average molecular weight is 277 g/mol. The van der Waals surface area contributed by atoms with Crippen LogP contribution in [-0.2, 0) is 0 Å². The average Bonchev–Trinajstić information content (AvgIpc) is 2.72. The molecule has 0 fully saturated rings. The summed E-state index contributed by atoms with van der Waals surface area (Å²) in [5.74, 6) is 2.43. The monoisotopic (exact) mass is 277 g/mol. The largest absolute Gasteiger partial charge is 0.490 e. The van der Waals surface area contributed by atoms with Gasteiger partial charge in [0.05, 0.1) is 13.2 Å². The minimum atomic E-state index is 0.396. The zero-order valence-electron chi connectivity index (χ0n) is 12.9. The molecular weight excluding hydrogens is 250 g/mol. The molecule has 0 aromatic heterocycles. The highest BCUT2D eigenvalue weighted by Gasteiger charge is 2.21. The van der Waals surface area contributed by atoms with Crippen LogP contribution in [0.5, 0.6) is 11.5 Å². The Morgan fingerprint density at radius 1 is 1.05 bits per heavy atom. The van der Waals surface area contributed by atoms with E-state index in [1.807, 2.05) is 0 Å². The van der Waals surface area contributed by atoms with Crippen molar-refractivity contribution in [3.05, 3.63) is 23.8 Å². The van der Waals surface area contributed by atoms with Crippen molar-refractivity contribution in [2.45, 2.75) is 46.1 Å². The third-order valence-electron chi connectivity index (χ3n) is 4.07. The number of hydrogen-bond donors (Lipinski definition) is 1. The lowest BCUT2D eigenvalue weighted by atomic mass is 9.88. The van der Waals surface area contributed by atoms with Gasteiger partial charge in [-0.2, -0.15) is 0 Å². The molecular formula is C17H27NO2. The van der Waals surface area contributed by atoms with Gasteiger partial charge in [0.25, 0.3) is 0 Å². The quantitative estimate of drug-likeness (QED) is 0.854. The van der Waals surface area contributed by atoms with E-state index in [1.165, 1.54) is 18.4 Å². The maximum absolute atomic E-state index is 5.81.